The van der Waals surface area contributed by atoms with Crippen LogP contribution in [-0.4, -0.2) is 14.5 Å². The summed E-state index contributed by atoms with van der Waals surface area (Å²) in [6.45, 7) is 6.84. The summed E-state index contributed by atoms with van der Waals surface area (Å²) in [4.78, 5) is 9.39. The first-order valence-electron chi connectivity index (χ1n) is 20.3. The molecule has 277 valence electrons. The summed E-state index contributed by atoms with van der Waals surface area (Å²) in [7, 11) is 0. The van der Waals surface area contributed by atoms with Crippen molar-refractivity contribution in [2.45, 2.75) is 46.4 Å². The summed E-state index contributed by atoms with van der Waals surface area (Å²) < 4.78 is 31.8. The molecule has 0 bridgehead atoms. The summed E-state index contributed by atoms with van der Waals surface area (Å²) in [6.07, 6.45) is 1.52. The number of aryl methyl sites for hydroxylation is 1. The van der Waals surface area contributed by atoms with Gasteiger partial charge in [-0.3, -0.25) is 4.98 Å². The Labute approximate surface area is 345 Å². The Hall–Kier alpha value is -5.87. The second-order valence-electron chi connectivity index (χ2n) is 14.6. The van der Waals surface area contributed by atoms with Gasteiger partial charge in [-0.2, -0.15) is 0 Å². The van der Waals surface area contributed by atoms with Gasteiger partial charge in [-0.1, -0.05) is 117 Å². The first kappa shape index (κ1) is 33.5. The molecule has 56 heavy (non-hydrogen) atoms. The standard InChI is InChI=1S/C26H16NO.C25H25N2.Ir/c1-16-11-12-27-24(13-16)21-8-4-7-20-23-14-18-10-9-17-5-2-3-6-19(17)22(18)15-25(23)28-26(20)21;1-17(2)20-13-10-14-21(18(3)4)24(20)27-23-16-9-8-15-22(23)26-25(27)19-11-6-5-7-12-19;/h2-7,9-15H,1H3;5-11,13-18H,1-4H3;/q2*-1;/i1D3;;. The maximum Gasteiger partial charge on any atom is 0.121 e. The largest absolute Gasteiger partial charge is 0.501 e. The molecule has 0 fully saturated rings. The number of nitrogens with zero attached hydrogens (tertiary/aromatic N) is 3. The molecular formula is C51H41IrN3O-2. The van der Waals surface area contributed by atoms with E-state index >= 15 is 0 Å². The molecule has 0 atom stereocenters. The smallest absolute Gasteiger partial charge is 0.121 e. The van der Waals surface area contributed by atoms with E-state index in [0.717, 1.165) is 49.5 Å². The van der Waals surface area contributed by atoms with Gasteiger partial charge in [0.1, 0.15) is 5.58 Å². The van der Waals surface area contributed by atoms with Gasteiger partial charge in [-0.25, -0.2) is 0 Å². The van der Waals surface area contributed by atoms with Crippen molar-refractivity contribution >= 4 is 54.5 Å². The van der Waals surface area contributed by atoms with Crippen LogP contribution in [0.5, 0.6) is 0 Å². The fourth-order valence-electron chi connectivity index (χ4n) is 7.74. The van der Waals surface area contributed by atoms with Crippen molar-refractivity contribution in [1.29, 1.82) is 0 Å². The van der Waals surface area contributed by atoms with Crippen LogP contribution in [0, 0.1) is 19.0 Å². The zero-order valence-electron chi connectivity index (χ0n) is 34.6. The van der Waals surface area contributed by atoms with Gasteiger partial charge in [-0.05, 0) is 87.4 Å². The second kappa shape index (κ2) is 15.3. The number of rotatable bonds is 5. The van der Waals surface area contributed by atoms with E-state index in [1.54, 1.807) is 6.07 Å². The zero-order chi connectivity index (χ0) is 40.1. The van der Waals surface area contributed by atoms with Crippen LogP contribution in [0.1, 0.15) is 60.3 Å². The van der Waals surface area contributed by atoms with Crippen molar-refractivity contribution in [2.24, 2.45) is 0 Å². The van der Waals surface area contributed by atoms with Gasteiger partial charge in [0, 0.05) is 41.5 Å². The summed E-state index contributed by atoms with van der Waals surface area (Å²) in [5, 5.41) is 6.62. The molecule has 3 heterocycles. The van der Waals surface area contributed by atoms with E-state index in [1.165, 1.54) is 39.8 Å². The van der Waals surface area contributed by atoms with E-state index in [0.29, 0.717) is 28.7 Å². The van der Waals surface area contributed by atoms with Crippen LogP contribution < -0.4 is 0 Å². The number of furan rings is 1. The van der Waals surface area contributed by atoms with Gasteiger partial charge in [0.2, 0.25) is 0 Å². The molecule has 4 nitrogen and oxygen atoms in total. The number of pyridine rings is 1. The minimum absolute atomic E-state index is 0. The molecule has 0 saturated heterocycles. The molecule has 0 unspecified atom stereocenters. The van der Waals surface area contributed by atoms with Crippen molar-refractivity contribution in [3.63, 3.8) is 0 Å². The molecule has 0 N–H and O–H groups in total. The van der Waals surface area contributed by atoms with Gasteiger partial charge in [0.15, 0.2) is 0 Å². The monoisotopic (exact) mass is 907 g/mol. The Kier molecular flexibility index (Phi) is 9.17. The van der Waals surface area contributed by atoms with Crippen molar-refractivity contribution in [2.75, 3.05) is 0 Å². The molecule has 5 heteroatoms. The van der Waals surface area contributed by atoms with Crippen molar-refractivity contribution in [1.82, 2.24) is 14.5 Å². The minimum atomic E-state index is -2.20. The number of hydrogen-bond acceptors (Lipinski definition) is 3. The summed E-state index contributed by atoms with van der Waals surface area (Å²) in [5.74, 6) is 1.80. The van der Waals surface area contributed by atoms with Crippen LogP contribution in [0.25, 0.3) is 82.8 Å². The third-order valence-electron chi connectivity index (χ3n) is 10.4. The van der Waals surface area contributed by atoms with Crippen LogP contribution >= 0.6 is 0 Å². The van der Waals surface area contributed by atoms with E-state index < -0.39 is 6.85 Å². The zero-order valence-corrected chi connectivity index (χ0v) is 34.0. The molecule has 0 amide bonds. The molecule has 7 aromatic carbocycles. The number of aromatic nitrogens is 3. The van der Waals surface area contributed by atoms with Crippen LogP contribution in [0.2, 0.25) is 0 Å². The predicted octanol–water partition coefficient (Wildman–Crippen LogP) is 13.8. The normalized spacial score (nSPS) is 12.5. The average molecular weight is 907 g/mol. The third-order valence-corrected chi connectivity index (χ3v) is 10.4. The number of para-hydroxylation sites is 3. The molecule has 10 rings (SSSR count). The van der Waals surface area contributed by atoms with Crippen LogP contribution in [-0.2, 0) is 20.1 Å². The summed E-state index contributed by atoms with van der Waals surface area (Å²) in [5.41, 5.74) is 10.0. The Morgan fingerprint density at radius 2 is 1.43 bits per heavy atom. The Morgan fingerprint density at radius 1 is 0.661 bits per heavy atom. The molecule has 0 saturated carbocycles. The maximum atomic E-state index is 7.70. The Morgan fingerprint density at radius 3 is 2.21 bits per heavy atom. The van der Waals surface area contributed by atoms with Gasteiger partial charge >= 0.3 is 0 Å². The maximum absolute atomic E-state index is 7.70. The number of hydrogen-bond donors (Lipinski definition) is 0. The molecule has 0 aliphatic heterocycles. The van der Waals surface area contributed by atoms with E-state index in [1.807, 2.05) is 42.5 Å². The van der Waals surface area contributed by atoms with Crippen molar-refractivity contribution < 1.29 is 28.6 Å². The van der Waals surface area contributed by atoms with Crippen LogP contribution in [0.3, 0.4) is 0 Å². The van der Waals surface area contributed by atoms with Crippen molar-refractivity contribution in [3.05, 3.63) is 175 Å². The van der Waals surface area contributed by atoms with E-state index in [2.05, 4.69) is 134 Å². The van der Waals surface area contributed by atoms with E-state index in [-0.39, 0.29) is 25.7 Å². The number of imidazole rings is 1. The summed E-state index contributed by atoms with van der Waals surface area (Å²) >= 11 is 0. The third kappa shape index (κ3) is 6.61. The molecule has 0 aliphatic carbocycles. The van der Waals surface area contributed by atoms with Crippen LogP contribution in [0.4, 0.5) is 0 Å². The average Bonchev–Trinajstić information content (AvgIpc) is 3.81. The quantitative estimate of drug-likeness (QED) is 0.128. The minimum Gasteiger partial charge on any atom is -0.501 e. The molecule has 10 aromatic rings. The molecular weight excluding hydrogens is 863 g/mol. The van der Waals surface area contributed by atoms with E-state index in [4.69, 9.17) is 13.5 Å². The molecule has 0 aliphatic rings. The molecule has 3 aromatic heterocycles. The first-order valence-corrected chi connectivity index (χ1v) is 18.8. The first-order chi connectivity index (χ1) is 28.1. The fourth-order valence-corrected chi connectivity index (χ4v) is 7.74. The number of fused-ring (bicyclic) bond motifs is 7. The van der Waals surface area contributed by atoms with Gasteiger partial charge in [-0.15, -0.1) is 54.1 Å². The molecule has 0 spiro atoms. The predicted molar refractivity (Wildman–Crippen MR) is 229 cm³/mol. The van der Waals surface area contributed by atoms with Crippen molar-refractivity contribution in [3.8, 4) is 28.3 Å². The Bertz CT molecular complexity index is 3100. The van der Waals surface area contributed by atoms with Gasteiger partial charge in [0.25, 0.3) is 0 Å². The number of benzene rings is 7. The van der Waals surface area contributed by atoms with Gasteiger partial charge in [0.05, 0.1) is 22.4 Å². The molecule has 1 radical (unpaired) electrons. The van der Waals surface area contributed by atoms with E-state index in [9.17, 15) is 0 Å². The fraction of sp³-hybridized carbons (Fsp3) is 0.137. The second-order valence-corrected chi connectivity index (χ2v) is 14.6. The topological polar surface area (TPSA) is 43.9 Å². The Balaban J connectivity index is 0.000000163. The van der Waals surface area contributed by atoms with Crippen LogP contribution in [0.15, 0.2) is 150 Å². The van der Waals surface area contributed by atoms with Gasteiger partial charge < -0.3 is 14.0 Å². The SMILES string of the molecule is CC(C)c1cccc(C(C)C)c1-n1c(-c2[c-]cccc2)nc2ccccc21.[2H]C([2H])([2H])c1ccnc(-c2[c-]ccc3c2oc2cc4c(ccc5ccccc54)cc23)c1.[Ir]. The summed E-state index contributed by atoms with van der Waals surface area (Å²) in [6, 6.07) is 53.5.